The molecule has 1 fully saturated rings. The Balaban J connectivity index is 2.09. The summed E-state index contributed by atoms with van der Waals surface area (Å²) >= 11 is 5.89. The lowest BCUT2D eigenvalue weighted by atomic mass is 9.78. The zero-order valence-corrected chi connectivity index (χ0v) is 12.0. The predicted octanol–water partition coefficient (Wildman–Crippen LogP) is 1.42. The fraction of sp³-hybridized carbons (Fsp3) is 0.267. The van der Waals surface area contributed by atoms with Gasteiger partial charge in [0.2, 0.25) is 11.8 Å². The molecule has 3 N–H and O–H groups in total. The Kier molecular flexibility index (Phi) is 3.29. The third-order valence-corrected chi connectivity index (χ3v) is 4.23. The summed E-state index contributed by atoms with van der Waals surface area (Å²) in [6, 6.07) is 9.10. The van der Waals surface area contributed by atoms with Gasteiger partial charge in [-0.3, -0.25) is 9.59 Å². The van der Waals surface area contributed by atoms with Crippen LogP contribution in [0.5, 0.6) is 0 Å². The number of nitrogens with one attached hydrogen (secondary N) is 1. The van der Waals surface area contributed by atoms with E-state index in [0.29, 0.717) is 18.1 Å². The van der Waals surface area contributed by atoms with Crippen LogP contribution in [0.4, 0.5) is 0 Å². The molecule has 1 aliphatic heterocycles. The third-order valence-electron chi connectivity index (χ3n) is 4.02. The largest absolute Gasteiger partial charge is 0.369 e. The van der Waals surface area contributed by atoms with Gasteiger partial charge in [-0.1, -0.05) is 23.7 Å². The smallest absolute Gasteiger partial charge is 0.236 e. The monoisotopic (exact) mass is 303 g/mol. The highest BCUT2D eigenvalue weighted by Gasteiger charge is 2.47. The van der Waals surface area contributed by atoms with Gasteiger partial charge in [0.1, 0.15) is 10.6 Å². The Morgan fingerprint density at radius 3 is 2.86 bits per heavy atom. The summed E-state index contributed by atoms with van der Waals surface area (Å²) in [5.41, 5.74) is 5.93. The molecule has 2 aromatic rings. The van der Waals surface area contributed by atoms with Crippen molar-refractivity contribution >= 4 is 34.3 Å². The van der Waals surface area contributed by atoms with Crippen molar-refractivity contribution in [2.45, 2.75) is 12.8 Å². The number of amides is 2. The molecule has 0 radical (unpaired) electrons. The van der Waals surface area contributed by atoms with Crippen molar-refractivity contribution in [2.75, 3.05) is 6.54 Å². The molecule has 3 rings (SSSR count). The molecule has 1 atom stereocenters. The van der Waals surface area contributed by atoms with Crippen LogP contribution in [-0.4, -0.2) is 23.3 Å². The number of nitrogens with zero attached hydrogens (tertiary/aromatic N) is 1. The van der Waals surface area contributed by atoms with E-state index in [2.05, 4.69) is 10.3 Å². The van der Waals surface area contributed by atoms with Gasteiger partial charge < -0.3 is 11.1 Å². The summed E-state index contributed by atoms with van der Waals surface area (Å²) in [5, 5.41) is 3.98. The molecule has 6 heteroatoms. The first-order valence-electron chi connectivity index (χ1n) is 6.65. The minimum absolute atomic E-state index is 0.273. The van der Waals surface area contributed by atoms with Crippen LogP contribution in [0.2, 0.25) is 5.15 Å². The molecule has 1 aliphatic rings. The van der Waals surface area contributed by atoms with E-state index in [1.165, 1.54) is 0 Å². The molecular formula is C15H14ClN3O2. The zero-order chi connectivity index (χ0) is 15.0. The molecule has 1 saturated heterocycles. The Morgan fingerprint density at radius 1 is 1.38 bits per heavy atom. The maximum absolute atomic E-state index is 12.1. The molecule has 21 heavy (non-hydrogen) atoms. The van der Waals surface area contributed by atoms with Crippen molar-refractivity contribution in [2.24, 2.45) is 11.1 Å². The van der Waals surface area contributed by atoms with Gasteiger partial charge in [0.05, 0.1) is 5.52 Å². The highest BCUT2D eigenvalue weighted by Crippen LogP contribution is 2.33. The van der Waals surface area contributed by atoms with Gasteiger partial charge >= 0.3 is 0 Å². The van der Waals surface area contributed by atoms with E-state index < -0.39 is 11.3 Å². The second-order valence-electron chi connectivity index (χ2n) is 5.25. The quantitative estimate of drug-likeness (QED) is 0.664. The maximum Gasteiger partial charge on any atom is 0.236 e. The van der Waals surface area contributed by atoms with Gasteiger partial charge in [-0.25, -0.2) is 4.98 Å². The molecule has 5 nitrogen and oxygen atoms in total. The summed E-state index contributed by atoms with van der Waals surface area (Å²) in [6.07, 6.45) is 0.688. The van der Waals surface area contributed by atoms with E-state index in [1.54, 1.807) is 6.07 Å². The van der Waals surface area contributed by atoms with Crippen LogP contribution in [0.25, 0.3) is 10.9 Å². The zero-order valence-electron chi connectivity index (χ0n) is 11.2. The van der Waals surface area contributed by atoms with Crippen LogP contribution in [0, 0.1) is 5.41 Å². The van der Waals surface area contributed by atoms with E-state index in [1.807, 2.05) is 24.3 Å². The lowest BCUT2D eigenvalue weighted by molar-refractivity contribution is -0.138. The lowest BCUT2D eigenvalue weighted by Gasteiger charge is -2.22. The second-order valence-corrected chi connectivity index (χ2v) is 5.63. The highest BCUT2D eigenvalue weighted by molar-refractivity contribution is 6.29. The first-order valence-corrected chi connectivity index (χ1v) is 7.03. The molecule has 0 unspecified atom stereocenters. The van der Waals surface area contributed by atoms with Crippen LogP contribution in [0.15, 0.2) is 30.3 Å². The Hall–Kier alpha value is -2.14. The van der Waals surface area contributed by atoms with Gasteiger partial charge in [-0.05, 0) is 36.6 Å². The number of pyridine rings is 1. The Bertz CT molecular complexity index is 747. The molecule has 1 aromatic carbocycles. The summed E-state index contributed by atoms with van der Waals surface area (Å²) in [6.45, 7) is 0.469. The average molecular weight is 304 g/mol. The van der Waals surface area contributed by atoms with Crippen molar-refractivity contribution in [3.8, 4) is 0 Å². The van der Waals surface area contributed by atoms with Crippen molar-refractivity contribution in [3.63, 3.8) is 0 Å². The van der Waals surface area contributed by atoms with Gasteiger partial charge in [0, 0.05) is 11.9 Å². The molecule has 0 aliphatic carbocycles. The van der Waals surface area contributed by atoms with Crippen molar-refractivity contribution in [3.05, 3.63) is 41.0 Å². The highest BCUT2D eigenvalue weighted by atomic mass is 35.5. The number of hydrogen-bond donors (Lipinski definition) is 2. The second kappa shape index (κ2) is 5.00. The number of aromatic nitrogens is 1. The third kappa shape index (κ3) is 2.23. The van der Waals surface area contributed by atoms with E-state index in [-0.39, 0.29) is 12.3 Å². The van der Waals surface area contributed by atoms with Crippen molar-refractivity contribution in [1.29, 1.82) is 0 Å². The summed E-state index contributed by atoms with van der Waals surface area (Å²) in [4.78, 5) is 28.2. The normalized spacial score (nSPS) is 21.5. The molecule has 0 spiro atoms. The van der Waals surface area contributed by atoms with Gasteiger partial charge in [0.25, 0.3) is 0 Å². The number of rotatable bonds is 3. The van der Waals surface area contributed by atoms with E-state index in [0.717, 1.165) is 16.5 Å². The molecule has 2 amide bonds. The molecule has 1 aromatic heterocycles. The van der Waals surface area contributed by atoms with Gasteiger partial charge in [0.15, 0.2) is 0 Å². The number of halogens is 1. The number of hydrogen-bond acceptors (Lipinski definition) is 3. The first kappa shape index (κ1) is 13.8. The summed E-state index contributed by atoms with van der Waals surface area (Å²) < 4.78 is 0. The Morgan fingerprint density at radius 2 is 2.19 bits per heavy atom. The molecule has 108 valence electrons. The fourth-order valence-corrected chi connectivity index (χ4v) is 2.99. The van der Waals surface area contributed by atoms with Crippen molar-refractivity contribution < 1.29 is 9.59 Å². The topological polar surface area (TPSA) is 85.1 Å². The minimum atomic E-state index is -1.17. The minimum Gasteiger partial charge on any atom is -0.369 e. The van der Waals surface area contributed by atoms with Crippen LogP contribution in [0.3, 0.4) is 0 Å². The number of fused-ring (bicyclic) bond motifs is 1. The van der Waals surface area contributed by atoms with Crippen LogP contribution >= 0.6 is 11.6 Å². The molecule has 0 bridgehead atoms. The van der Waals surface area contributed by atoms with Gasteiger partial charge in [-0.2, -0.15) is 0 Å². The van der Waals surface area contributed by atoms with E-state index in [4.69, 9.17) is 17.3 Å². The standard InChI is InChI=1S/C15H14ClN3O2/c16-12-5-4-10-9(2-1-3-11(10)19-12)8-15(13(17)20)6-7-18-14(15)21/h1-5H,6-8H2,(H2,17,20)(H,18,21)/t15-/m1/s1. The number of benzene rings is 1. The average Bonchev–Trinajstić information content (AvgIpc) is 2.81. The SMILES string of the molecule is NC(=O)[C@]1(Cc2cccc3nc(Cl)ccc23)CCNC1=O. The molecule has 2 heterocycles. The first-order chi connectivity index (χ1) is 10.0. The fourth-order valence-electron chi connectivity index (χ4n) is 2.84. The number of nitrogens with two attached hydrogens (primary N) is 1. The number of carbonyl (C=O) groups is 2. The predicted molar refractivity (Wildman–Crippen MR) is 79.7 cm³/mol. The van der Waals surface area contributed by atoms with E-state index in [9.17, 15) is 9.59 Å². The van der Waals surface area contributed by atoms with Crippen molar-refractivity contribution in [1.82, 2.24) is 10.3 Å². The van der Waals surface area contributed by atoms with Gasteiger partial charge in [-0.15, -0.1) is 0 Å². The molecule has 0 saturated carbocycles. The summed E-state index contributed by atoms with van der Waals surface area (Å²) in [5.74, 6) is -0.884. The Labute approximate surface area is 126 Å². The van der Waals surface area contributed by atoms with Crippen LogP contribution in [0.1, 0.15) is 12.0 Å². The molecular weight excluding hydrogens is 290 g/mol. The van der Waals surface area contributed by atoms with E-state index >= 15 is 0 Å². The number of primary amides is 1. The maximum atomic E-state index is 12.1. The number of carbonyl (C=O) groups excluding carboxylic acids is 2. The lowest BCUT2D eigenvalue weighted by Crippen LogP contribution is -2.44. The summed E-state index contributed by atoms with van der Waals surface area (Å²) in [7, 11) is 0. The van der Waals surface area contributed by atoms with Crippen LogP contribution in [-0.2, 0) is 16.0 Å². The van der Waals surface area contributed by atoms with Crippen LogP contribution < -0.4 is 11.1 Å².